The number of hydrogen-bond acceptors (Lipinski definition) is 2. The number of nitrogens with zero attached hydrogens (tertiary/aromatic N) is 1. The van der Waals surface area contributed by atoms with Crippen molar-refractivity contribution in [3.8, 4) is 0 Å². The maximum absolute atomic E-state index is 12.8. The van der Waals surface area contributed by atoms with Crippen molar-refractivity contribution in [3.63, 3.8) is 0 Å². The Labute approximate surface area is 105 Å². The van der Waals surface area contributed by atoms with Gasteiger partial charge in [0.15, 0.2) is 0 Å². The monoisotopic (exact) mass is 267 g/mol. The highest BCUT2D eigenvalue weighted by molar-refractivity contribution is 5.67. The average Bonchev–Trinajstić information content (AvgIpc) is 2.26. The average molecular weight is 267 g/mol. The predicted octanol–water partition coefficient (Wildman–Crippen LogP) is 2.90. The van der Waals surface area contributed by atoms with Gasteiger partial charge in [-0.25, -0.2) is 0 Å². The Bertz CT molecular complexity index is 296. The molecular formula is C12H20F3NO2. The molecule has 1 unspecified atom stereocenters. The molecule has 0 saturated carbocycles. The third kappa shape index (κ3) is 3.86. The topological polar surface area (TPSA) is 40.5 Å². The molecule has 1 N–H and O–H groups in total. The number of likely N-dealkylation sites (tertiary alicyclic amines) is 1. The summed E-state index contributed by atoms with van der Waals surface area (Å²) in [6.07, 6.45) is -3.02. The van der Waals surface area contributed by atoms with Gasteiger partial charge in [0.2, 0.25) is 0 Å². The van der Waals surface area contributed by atoms with E-state index in [0.29, 0.717) is 25.9 Å². The molecule has 0 aromatic rings. The van der Waals surface area contributed by atoms with Gasteiger partial charge in [-0.2, -0.15) is 13.2 Å². The number of halogens is 3. The second-order valence-corrected chi connectivity index (χ2v) is 5.36. The zero-order valence-electron chi connectivity index (χ0n) is 10.8. The highest BCUT2D eigenvalue weighted by Gasteiger charge is 2.46. The zero-order chi connectivity index (χ0) is 14.0. The van der Waals surface area contributed by atoms with E-state index in [-0.39, 0.29) is 5.41 Å². The molecule has 1 rings (SSSR count). The first-order valence-electron chi connectivity index (χ1n) is 6.20. The summed E-state index contributed by atoms with van der Waals surface area (Å²) in [7, 11) is 0. The van der Waals surface area contributed by atoms with Gasteiger partial charge in [0.1, 0.15) is 6.04 Å². The van der Waals surface area contributed by atoms with Gasteiger partial charge in [-0.15, -0.1) is 0 Å². The fraction of sp³-hybridized carbons (Fsp3) is 0.917. The number of rotatable bonds is 4. The third-order valence-corrected chi connectivity index (χ3v) is 4.05. The first-order chi connectivity index (χ1) is 8.18. The Hall–Kier alpha value is -0.780. The SMILES string of the molecule is CCC1(C)CCN(C(CC(=O)O)C(F)(F)F)CC1. The van der Waals surface area contributed by atoms with Crippen LogP contribution >= 0.6 is 0 Å². The van der Waals surface area contributed by atoms with Crippen molar-refractivity contribution in [1.82, 2.24) is 4.90 Å². The number of carbonyl (C=O) groups is 1. The van der Waals surface area contributed by atoms with Crippen LogP contribution in [0.4, 0.5) is 13.2 Å². The van der Waals surface area contributed by atoms with Crippen molar-refractivity contribution in [2.75, 3.05) is 13.1 Å². The summed E-state index contributed by atoms with van der Waals surface area (Å²) in [6.45, 7) is 4.75. The summed E-state index contributed by atoms with van der Waals surface area (Å²) in [5.41, 5.74) is 0.0931. The smallest absolute Gasteiger partial charge is 0.404 e. The van der Waals surface area contributed by atoms with Gasteiger partial charge in [-0.3, -0.25) is 9.69 Å². The van der Waals surface area contributed by atoms with Crippen LogP contribution in [0.5, 0.6) is 0 Å². The van der Waals surface area contributed by atoms with Crippen LogP contribution in [0.2, 0.25) is 0 Å². The van der Waals surface area contributed by atoms with E-state index in [1.165, 1.54) is 4.90 Å². The minimum Gasteiger partial charge on any atom is -0.481 e. The van der Waals surface area contributed by atoms with Crippen molar-refractivity contribution in [2.45, 2.75) is 51.7 Å². The summed E-state index contributed by atoms with van der Waals surface area (Å²) < 4.78 is 38.5. The molecule has 0 aromatic heterocycles. The van der Waals surface area contributed by atoms with Crippen molar-refractivity contribution in [2.24, 2.45) is 5.41 Å². The lowest BCUT2D eigenvalue weighted by atomic mass is 9.78. The zero-order valence-corrected chi connectivity index (χ0v) is 10.8. The second-order valence-electron chi connectivity index (χ2n) is 5.36. The molecule has 18 heavy (non-hydrogen) atoms. The van der Waals surface area contributed by atoms with Gasteiger partial charge in [-0.1, -0.05) is 20.3 Å². The largest absolute Gasteiger partial charge is 0.481 e. The van der Waals surface area contributed by atoms with Crippen LogP contribution in [0.3, 0.4) is 0 Å². The predicted molar refractivity (Wildman–Crippen MR) is 61.3 cm³/mol. The molecular weight excluding hydrogens is 247 g/mol. The van der Waals surface area contributed by atoms with Gasteiger partial charge in [0, 0.05) is 0 Å². The Kier molecular flexibility index (Phi) is 4.64. The number of alkyl halides is 3. The van der Waals surface area contributed by atoms with Crippen molar-refractivity contribution >= 4 is 5.97 Å². The summed E-state index contributed by atoms with van der Waals surface area (Å²) in [5.74, 6) is -1.40. The normalized spacial score (nSPS) is 22.7. The highest BCUT2D eigenvalue weighted by Crippen LogP contribution is 2.37. The molecule has 1 fully saturated rings. The van der Waals surface area contributed by atoms with E-state index >= 15 is 0 Å². The molecule has 0 aliphatic carbocycles. The van der Waals surface area contributed by atoms with Crippen LogP contribution in [-0.4, -0.2) is 41.3 Å². The Morgan fingerprint density at radius 3 is 2.22 bits per heavy atom. The molecule has 1 aliphatic rings. The molecule has 6 heteroatoms. The first-order valence-corrected chi connectivity index (χ1v) is 6.20. The molecule has 0 aromatic carbocycles. The van der Waals surface area contributed by atoms with Crippen LogP contribution in [0.15, 0.2) is 0 Å². The fourth-order valence-corrected chi connectivity index (χ4v) is 2.35. The lowest BCUT2D eigenvalue weighted by Gasteiger charge is -2.42. The van der Waals surface area contributed by atoms with Crippen molar-refractivity contribution in [1.29, 1.82) is 0 Å². The van der Waals surface area contributed by atoms with E-state index in [0.717, 1.165) is 6.42 Å². The number of piperidine rings is 1. The number of carboxylic acids is 1. The molecule has 0 spiro atoms. The summed E-state index contributed by atoms with van der Waals surface area (Å²) >= 11 is 0. The fourth-order valence-electron chi connectivity index (χ4n) is 2.35. The molecule has 106 valence electrons. The van der Waals surface area contributed by atoms with E-state index in [1.54, 1.807) is 0 Å². The molecule has 0 amide bonds. The number of carboxylic acid groups (broad SMARTS) is 1. The third-order valence-electron chi connectivity index (χ3n) is 4.05. The van der Waals surface area contributed by atoms with Gasteiger partial charge in [-0.05, 0) is 31.3 Å². The van der Waals surface area contributed by atoms with Gasteiger partial charge in [0.25, 0.3) is 0 Å². The number of aliphatic carboxylic acids is 1. The lowest BCUT2D eigenvalue weighted by Crippen LogP contribution is -2.51. The second kappa shape index (κ2) is 5.47. The Morgan fingerprint density at radius 1 is 1.39 bits per heavy atom. The molecule has 1 heterocycles. The van der Waals surface area contributed by atoms with E-state index in [9.17, 15) is 18.0 Å². The quantitative estimate of drug-likeness (QED) is 0.851. The van der Waals surface area contributed by atoms with Gasteiger partial charge in [0.05, 0.1) is 6.42 Å². The minimum atomic E-state index is -4.47. The molecule has 0 radical (unpaired) electrons. The lowest BCUT2D eigenvalue weighted by molar-refractivity contribution is -0.195. The van der Waals surface area contributed by atoms with Crippen LogP contribution in [-0.2, 0) is 4.79 Å². The van der Waals surface area contributed by atoms with Crippen LogP contribution < -0.4 is 0 Å². The number of hydrogen-bond donors (Lipinski definition) is 1. The van der Waals surface area contributed by atoms with E-state index in [4.69, 9.17) is 5.11 Å². The minimum absolute atomic E-state index is 0.0931. The van der Waals surface area contributed by atoms with E-state index < -0.39 is 24.6 Å². The van der Waals surface area contributed by atoms with Crippen molar-refractivity contribution in [3.05, 3.63) is 0 Å². The van der Waals surface area contributed by atoms with Crippen LogP contribution in [0, 0.1) is 5.41 Å². The van der Waals surface area contributed by atoms with Gasteiger partial charge >= 0.3 is 12.1 Å². The molecule has 1 atom stereocenters. The molecule has 0 bridgehead atoms. The van der Waals surface area contributed by atoms with Gasteiger partial charge < -0.3 is 5.11 Å². The Balaban J connectivity index is 2.69. The van der Waals surface area contributed by atoms with Crippen LogP contribution in [0.25, 0.3) is 0 Å². The summed E-state index contributed by atoms with van der Waals surface area (Å²) in [4.78, 5) is 11.8. The van der Waals surface area contributed by atoms with Crippen molar-refractivity contribution < 1.29 is 23.1 Å². The molecule has 1 saturated heterocycles. The molecule has 3 nitrogen and oxygen atoms in total. The maximum atomic E-state index is 12.8. The standard InChI is InChI=1S/C12H20F3NO2/c1-3-11(2)4-6-16(7-5-11)9(8-10(17)18)12(13,14)15/h9H,3-8H2,1-2H3,(H,17,18). The summed E-state index contributed by atoms with van der Waals surface area (Å²) in [6, 6.07) is -1.85. The first kappa shape index (κ1) is 15.3. The van der Waals surface area contributed by atoms with E-state index in [1.807, 2.05) is 6.92 Å². The molecule has 1 aliphatic heterocycles. The van der Waals surface area contributed by atoms with E-state index in [2.05, 4.69) is 6.92 Å². The summed E-state index contributed by atoms with van der Waals surface area (Å²) in [5, 5.41) is 8.60. The maximum Gasteiger partial charge on any atom is 0.404 e. The Morgan fingerprint density at radius 2 is 1.89 bits per heavy atom. The van der Waals surface area contributed by atoms with Crippen LogP contribution in [0.1, 0.15) is 39.5 Å². The highest BCUT2D eigenvalue weighted by atomic mass is 19.4.